The number of carbonyl (C=O) groups is 1. The van der Waals surface area contributed by atoms with Crippen molar-refractivity contribution in [2.75, 3.05) is 0 Å². The number of fused-ring (bicyclic) bond motifs is 1. The molecule has 0 radical (unpaired) electrons. The first-order valence-electron chi connectivity index (χ1n) is 4.01. The highest BCUT2D eigenvalue weighted by Crippen LogP contribution is 2.30. The van der Waals surface area contributed by atoms with E-state index in [4.69, 9.17) is 9.47 Å². The quantitative estimate of drug-likeness (QED) is 0.396. The zero-order valence-corrected chi connectivity index (χ0v) is 7.01. The van der Waals surface area contributed by atoms with E-state index in [2.05, 4.69) is 0 Å². The lowest BCUT2D eigenvalue weighted by Crippen LogP contribution is -2.46. The van der Waals surface area contributed by atoms with Crippen LogP contribution in [0.3, 0.4) is 0 Å². The molecule has 1 fully saturated rings. The summed E-state index contributed by atoms with van der Waals surface area (Å²) in [5, 5.41) is 18.7. The normalized spacial score (nSPS) is 43.3. The van der Waals surface area contributed by atoms with Gasteiger partial charge < -0.3 is 19.7 Å². The molecular weight excluding hydrogens is 176 g/mol. The highest BCUT2D eigenvalue weighted by Gasteiger charge is 2.47. The predicted octanol–water partition coefficient (Wildman–Crippen LogP) is -0.428. The summed E-state index contributed by atoms with van der Waals surface area (Å²) in [5.41, 5.74) is 0.702. The second-order valence-corrected chi connectivity index (χ2v) is 3.26. The van der Waals surface area contributed by atoms with E-state index in [1.807, 2.05) is 0 Å². The average Bonchev–Trinajstić information content (AvgIpc) is 2.44. The van der Waals surface area contributed by atoms with Gasteiger partial charge in [0, 0.05) is 0 Å². The minimum Gasteiger partial charge on any atom is -0.424 e. The maximum atomic E-state index is 10.7. The minimum atomic E-state index is -1.10. The van der Waals surface area contributed by atoms with Crippen LogP contribution in [-0.2, 0) is 9.47 Å². The van der Waals surface area contributed by atoms with Gasteiger partial charge in [0.05, 0.1) is 0 Å². The van der Waals surface area contributed by atoms with E-state index in [9.17, 15) is 15.0 Å². The standard InChI is InChI=1S/C8H10O5/c1-3-2-4(9)5(10)7-6(3)12-8(11)13-7/h2,4-7,9-10H,1H3/t4-,5+,6+,7-/m0/s1. The highest BCUT2D eigenvalue weighted by atomic mass is 16.8. The van der Waals surface area contributed by atoms with Crippen LogP contribution < -0.4 is 0 Å². The molecule has 2 N–H and O–H groups in total. The van der Waals surface area contributed by atoms with Crippen LogP contribution in [0.25, 0.3) is 0 Å². The largest absolute Gasteiger partial charge is 0.509 e. The zero-order chi connectivity index (χ0) is 9.59. The van der Waals surface area contributed by atoms with Gasteiger partial charge in [-0.3, -0.25) is 0 Å². The number of ether oxygens (including phenoxy) is 2. The third-order valence-electron chi connectivity index (χ3n) is 2.32. The number of rotatable bonds is 0. The van der Waals surface area contributed by atoms with E-state index >= 15 is 0 Å². The van der Waals surface area contributed by atoms with E-state index in [-0.39, 0.29) is 0 Å². The predicted molar refractivity (Wildman–Crippen MR) is 40.9 cm³/mol. The van der Waals surface area contributed by atoms with Crippen LogP contribution in [0.1, 0.15) is 6.92 Å². The molecule has 0 aromatic carbocycles. The number of aliphatic hydroxyl groups excluding tert-OH is 2. The second kappa shape index (κ2) is 2.71. The Hall–Kier alpha value is -1.07. The fourth-order valence-corrected chi connectivity index (χ4v) is 1.63. The third kappa shape index (κ3) is 1.20. The molecule has 5 heteroatoms. The molecule has 1 aliphatic heterocycles. The Bertz CT molecular complexity index is 272. The third-order valence-corrected chi connectivity index (χ3v) is 2.32. The maximum Gasteiger partial charge on any atom is 0.509 e. The van der Waals surface area contributed by atoms with Gasteiger partial charge in [0.2, 0.25) is 0 Å². The van der Waals surface area contributed by atoms with Gasteiger partial charge in [-0.05, 0) is 12.5 Å². The lowest BCUT2D eigenvalue weighted by Gasteiger charge is -2.28. The number of aliphatic hydroxyl groups is 2. The molecule has 13 heavy (non-hydrogen) atoms. The van der Waals surface area contributed by atoms with Gasteiger partial charge in [0.15, 0.2) is 12.2 Å². The van der Waals surface area contributed by atoms with Crippen molar-refractivity contribution < 1.29 is 24.5 Å². The van der Waals surface area contributed by atoms with Gasteiger partial charge in [0.1, 0.15) is 12.2 Å². The van der Waals surface area contributed by atoms with Gasteiger partial charge in [0.25, 0.3) is 0 Å². The molecule has 0 bridgehead atoms. The number of hydrogen-bond acceptors (Lipinski definition) is 5. The Morgan fingerprint density at radius 1 is 1.38 bits per heavy atom. The SMILES string of the molecule is CC1=C[C@H](O)[C@@H](O)[C@@H]2OC(=O)O[C@H]12. The summed E-state index contributed by atoms with van der Waals surface area (Å²) in [6.07, 6.45) is -2.74. The van der Waals surface area contributed by atoms with Crippen molar-refractivity contribution in [1.82, 2.24) is 0 Å². The smallest absolute Gasteiger partial charge is 0.424 e. The van der Waals surface area contributed by atoms with Crippen LogP contribution in [-0.4, -0.2) is 40.8 Å². The van der Waals surface area contributed by atoms with E-state index < -0.39 is 30.6 Å². The van der Waals surface area contributed by atoms with Crippen LogP contribution in [0, 0.1) is 0 Å². The molecule has 72 valence electrons. The molecule has 2 aliphatic rings. The van der Waals surface area contributed by atoms with E-state index in [1.165, 1.54) is 6.08 Å². The first-order chi connectivity index (χ1) is 6.09. The number of hydrogen-bond donors (Lipinski definition) is 2. The summed E-state index contributed by atoms with van der Waals surface area (Å²) in [5.74, 6) is 0. The molecule has 1 saturated heterocycles. The average molecular weight is 186 g/mol. The molecule has 0 amide bonds. The molecule has 0 saturated carbocycles. The van der Waals surface area contributed by atoms with Gasteiger partial charge in [-0.25, -0.2) is 4.79 Å². The van der Waals surface area contributed by atoms with E-state index in [0.29, 0.717) is 5.57 Å². The summed E-state index contributed by atoms with van der Waals surface area (Å²) in [6.45, 7) is 1.72. The zero-order valence-electron chi connectivity index (χ0n) is 7.01. The van der Waals surface area contributed by atoms with E-state index in [0.717, 1.165) is 0 Å². The molecule has 4 atom stereocenters. The van der Waals surface area contributed by atoms with Gasteiger partial charge in [-0.2, -0.15) is 0 Å². The molecule has 1 heterocycles. The summed E-state index contributed by atoms with van der Waals surface area (Å²) >= 11 is 0. The van der Waals surface area contributed by atoms with Crippen molar-refractivity contribution in [3.05, 3.63) is 11.6 Å². The topological polar surface area (TPSA) is 76.0 Å². The van der Waals surface area contributed by atoms with E-state index in [1.54, 1.807) is 6.92 Å². The van der Waals surface area contributed by atoms with Crippen molar-refractivity contribution >= 4 is 6.16 Å². The van der Waals surface area contributed by atoms with Crippen LogP contribution >= 0.6 is 0 Å². The minimum absolute atomic E-state index is 0.550. The first kappa shape index (κ1) is 8.52. The Labute approximate surface area is 74.6 Å². The van der Waals surface area contributed by atoms with Crippen molar-refractivity contribution in [1.29, 1.82) is 0 Å². The highest BCUT2D eigenvalue weighted by molar-refractivity contribution is 5.63. The molecule has 0 aromatic rings. The van der Waals surface area contributed by atoms with Crippen molar-refractivity contribution in [2.24, 2.45) is 0 Å². The Kier molecular flexibility index (Phi) is 1.78. The maximum absolute atomic E-state index is 10.7. The van der Waals surface area contributed by atoms with Crippen molar-refractivity contribution in [3.63, 3.8) is 0 Å². The first-order valence-corrected chi connectivity index (χ1v) is 4.01. The van der Waals surface area contributed by atoms with Gasteiger partial charge in [-0.1, -0.05) is 6.08 Å². The summed E-state index contributed by atoms with van der Waals surface area (Å²) < 4.78 is 9.50. The molecule has 1 aliphatic carbocycles. The summed E-state index contributed by atoms with van der Waals surface area (Å²) in [4.78, 5) is 10.7. The lowest BCUT2D eigenvalue weighted by molar-refractivity contribution is -0.0468. The second-order valence-electron chi connectivity index (χ2n) is 3.26. The van der Waals surface area contributed by atoms with Gasteiger partial charge in [-0.15, -0.1) is 0 Å². The number of carbonyl (C=O) groups excluding carboxylic acids is 1. The van der Waals surface area contributed by atoms with Crippen molar-refractivity contribution in [3.8, 4) is 0 Å². The van der Waals surface area contributed by atoms with Crippen LogP contribution in [0.5, 0.6) is 0 Å². The van der Waals surface area contributed by atoms with Crippen LogP contribution in [0.2, 0.25) is 0 Å². The fraction of sp³-hybridized carbons (Fsp3) is 0.625. The molecule has 0 spiro atoms. The molecule has 0 aromatic heterocycles. The van der Waals surface area contributed by atoms with Crippen LogP contribution in [0.15, 0.2) is 11.6 Å². The van der Waals surface area contributed by atoms with Crippen LogP contribution in [0.4, 0.5) is 4.79 Å². The van der Waals surface area contributed by atoms with Crippen molar-refractivity contribution in [2.45, 2.75) is 31.3 Å². The molecule has 0 unspecified atom stereocenters. The van der Waals surface area contributed by atoms with Gasteiger partial charge >= 0.3 is 6.16 Å². The molecule has 5 nitrogen and oxygen atoms in total. The monoisotopic (exact) mass is 186 g/mol. The summed E-state index contributed by atoms with van der Waals surface area (Å²) in [7, 11) is 0. The Morgan fingerprint density at radius 3 is 2.77 bits per heavy atom. The lowest BCUT2D eigenvalue weighted by atomic mass is 9.91. The Balaban J connectivity index is 2.29. The molecular formula is C8H10O5. The fourth-order valence-electron chi connectivity index (χ4n) is 1.63. The molecule has 2 rings (SSSR count). The Morgan fingerprint density at radius 2 is 2.08 bits per heavy atom. The summed E-state index contributed by atoms with van der Waals surface area (Å²) in [6, 6.07) is 0.